The first-order valence-corrected chi connectivity index (χ1v) is 7.22. The highest BCUT2D eigenvalue weighted by molar-refractivity contribution is 6.00. The van der Waals surface area contributed by atoms with Crippen molar-refractivity contribution in [1.29, 1.82) is 0 Å². The zero-order chi connectivity index (χ0) is 16.3. The highest BCUT2D eigenvalue weighted by Gasteiger charge is 2.49. The SMILES string of the molecule is CCOC(=O)C[C@H]1C(=O)N(c2ccc(OC)cc2)C[C@@]1(C)O. The lowest BCUT2D eigenvalue weighted by molar-refractivity contribution is -0.148. The molecule has 0 unspecified atom stereocenters. The molecule has 1 aliphatic heterocycles. The molecule has 2 rings (SSSR count). The van der Waals surface area contributed by atoms with Gasteiger partial charge in [-0.15, -0.1) is 0 Å². The van der Waals surface area contributed by atoms with Crippen LogP contribution in [0.5, 0.6) is 5.75 Å². The highest BCUT2D eigenvalue weighted by atomic mass is 16.5. The molecule has 0 radical (unpaired) electrons. The first-order valence-electron chi connectivity index (χ1n) is 7.22. The molecule has 1 amide bonds. The minimum absolute atomic E-state index is 0.119. The van der Waals surface area contributed by atoms with Gasteiger partial charge in [-0.2, -0.15) is 0 Å². The molecule has 1 aromatic carbocycles. The average Bonchev–Trinajstić information content (AvgIpc) is 2.71. The maximum Gasteiger partial charge on any atom is 0.306 e. The molecule has 1 fully saturated rings. The lowest BCUT2D eigenvalue weighted by atomic mass is 9.90. The van der Waals surface area contributed by atoms with E-state index >= 15 is 0 Å². The van der Waals surface area contributed by atoms with Gasteiger partial charge in [0, 0.05) is 5.69 Å². The van der Waals surface area contributed by atoms with Crippen LogP contribution in [0.1, 0.15) is 20.3 Å². The number of ether oxygens (including phenoxy) is 2. The topological polar surface area (TPSA) is 76.1 Å². The maximum atomic E-state index is 12.5. The van der Waals surface area contributed by atoms with E-state index in [1.165, 1.54) is 4.90 Å². The van der Waals surface area contributed by atoms with Crippen LogP contribution in [-0.4, -0.2) is 42.8 Å². The van der Waals surface area contributed by atoms with E-state index in [9.17, 15) is 14.7 Å². The molecular weight excluding hydrogens is 286 g/mol. The molecule has 1 saturated heterocycles. The fourth-order valence-electron chi connectivity index (χ4n) is 2.64. The van der Waals surface area contributed by atoms with E-state index in [1.807, 2.05) is 0 Å². The van der Waals surface area contributed by atoms with Gasteiger partial charge in [0.15, 0.2) is 0 Å². The second kappa shape index (κ2) is 6.36. The van der Waals surface area contributed by atoms with Crippen LogP contribution < -0.4 is 9.64 Å². The number of esters is 1. The normalized spacial score (nSPS) is 24.5. The number of carbonyl (C=O) groups is 2. The van der Waals surface area contributed by atoms with Gasteiger partial charge in [-0.25, -0.2) is 0 Å². The Balaban J connectivity index is 2.18. The molecule has 0 spiro atoms. The van der Waals surface area contributed by atoms with Gasteiger partial charge in [-0.1, -0.05) is 0 Å². The van der Waals surface area contributed by atoms with Gasteiger partial charge in [0.05, 0.1) is 38.2 Å². The number of nitrogens with zero attached hydrogens (tertiary/aromatic N) is 1. The largest absolute Gasteiger partial charge is 0.497 e. The molecule has 0 aromatic heterocycles. The third kappa shape index (κ3) is 3.22. The lowest BCUT2D eigenvalue weighted by Gasteiger charge is -2.21. The number of hydrogen-bond acceptors (Lipinski definition) is 5. The minimum atomic E-state index is -1.27. The number of methoxy groups -OCH3 is 1. The quantitative estimate of drug-likeness (QED) is 0.831. The highest BCUT2D eigenvalue weighted by Crippen LogP contribution is 2.35. The fraction of sp³-hybridized carbons (Fsp3) is 0.500. The van der Waals surface area contributed by atoms with Crippen LogP contribution in [0, 0.1) is 5.92 Å². The predicted molar refractivity (Wildman–Crippen MR) is 80.7 cm³/mol. The summed E-state index contributed by atoms with van der Waals surface area (Å²) in [6.45, 7) is 3.67. The molecule has 1 heterocycles. The summed E-state index contributed by atoms with van der Waals surface area (Å²) < 4.78 is 9.97. The third-order valence-electron chi connectivity index (χ3n) is 3.85. The number of β-amino-alcohol motifs (C(OH)–C–C–N with tert-alkyl or cyclic N) is 1. The van der Waals surface area contributed by atoms with E-state index in [-0.39, 0.29) is 25.5 Å². The van der Waals surface area contributed by atoms with Crippen LogP contribution in [0.3, 0.4) is 0 Å². The molecule has 1 aromatic rings. The van der Waals surface area contributed by atoms with Gasteiger partial charge in [0.25, 0.3) is 0 Å². The van der Waals surface area contributed by atoms with Crippen LogP contribution >= 0.6 is 0 Å². The van der Waals surface area contributed by atoms with Gasteiger partial charge in [0.1, 0.15) is 5.75 Å². The Kier molecular flexibility index (Phi) is 4.71. The molecule has 0 bridgehead atoms. The van der Waals surface area contributed by atoms with E-state index < -0.39 is 17.5 Å². The Morgan fingerprint density at radius 2 is 2.05 bits per heavy atom. The number of benzene rings is 1. The maximum absolute atomic E-state index is 12.5. The molecule has 0 saturated carbocycles. The smallest absolute Gasteiger partial charge is 0.306 e. The molecule has 1 aliphatic rings. The van der Waals surface area contributed by atoms with Gasteiger partial charge in [-0.05, 0) is 38.1 Å². The molecule has 1 N–H and O–H groups in total. The Morgan fingerprint density at radius 1 is 1.41 bits per heavy atom. The number of amides is 1. The summed E-state index contributed by atoms with van der Waals surface area (Å²) in [6.07, 6.45) is -0.119. The number of anilines is 1. The van der Waals surface area contributed by atoms with Crippen molar-refractivity contribution in [2.24, 2.45) is 5.92 Å². The second-order valence-electron chi connectivity index (χ2n) is 5.54. The summed E-state index contributed by atoms with van der Waals surface area (Å²) in [5, 5.41) is 10.5. The summed E-state index contributed by atoms with van der Waals surface area (Å²) in [4.78, 5) is 25.7. The van der Waals surface area contributed by atoms with Crippen molar-refractivity contribution in [3.05, 3.63) is 24.3 Å². The van der Waals surface area contributed by atoms with Crippen molar-refractivity contribution in [2.75, 3.05) is 25.2 Å². The first kappa shape index (κ1) is 16.3. The third-order valence-corrected chi connectivity index (χ3v) is 3.85. The number of hydrogen-bond donors (Lipinski definition) is 1. The molecule has 6 nitrogen and oxygen atoms in total. The Hall–Kier alpha value is -2.08. The van der Waals surface area contributed by atoms with Crippen LogP contribution in [0.4, 0.5) is 5.69 Å². The summed E-state index contributed by atoms with van der Waals surface area (Å²) in [7, 11) is 1.57. The van der Waals surface area contributed by atoms with Crippen molar-refractivity contribution in [1.82, 2.24) is 0 Å². The zero-order valence-electron chi connectivity index (χ0n) is 13.0. The van der Waals surface area contributed by atoms with E-state index in [4.69, 9.17) is 9.47 Å². The number of aliphatic hydroxyl groups is 1. The van der Waals surface area contributed by atoms with Crippen molar-refractivity contribution in [3.63, 3.8) is 0 Å². The summed E-state index contributed by atoms with van der Waals surface area (Å²) in [6, 6.07) is 6.99. The van der Waals surface area contributed by atoms with Crippen LogP contribution in [-0.2, 0) is 14.3 Å². The van der Waals surface area contributed by atoms with E-state index in [0.29, 0.717) is 11.4 Å². The number of rotatable bonds is 5. The van der Waals surface area contributed by atoms with Crippen molar-refractivity contribution >= 4 is 17.6 Å². The molecule has 120 valence electrons. The standard InChI is InChI=1S/C16H21NO5/c1-4-22-14(18)9-13-15(19)17(10-16(13,2)20)11-5-7-12(21-3)8-6-11/h5-8,13,20H,4,9-10H2,1-3H3/t13-,16+/m0/s1. The monoisotopic (exact) mass is 307 g/mol. The van der Waals surface area contributed by atoms with E-state index in [2.05, 4.69) is 0 Å². The Morgan fingerprint density at radius 3 is 2.59 bits per heavy atom. The predicted octanol–water partition coefficient (Wildman–Crippen LogP) is 1.36. The van der Waals surface area contributed by atoms with Crippen LogP contribution in [0.2, 0.25) is 0 Å². The van der Waals surface area contributed by atoms with Gasteiger partial charge >= 0.3 is 5.97 Å². The minimum Gasteiger partial charge on any atom is -0.497 e. The lowest BCUT2D eigenvalue weighted by Crippen LogP contribution is -2.36. The summed E-state index contributed by atoms with van der Waals surface area (Å²) >= 11 is 0. The van der Waals surface area contributed by atoms with Crippen molar-refractivity contribution in [3.8, 4) is 5.75 Å². The average molecular weight is 307 g/mol. The molecule has 2 atom stereocenters. The summed E-state index contributed by atoms with van der Waals surface area (Å²) in [5.41, 5.74) is -0.610. The molecule has 22 heavy (non-hydrogen) atoms. The van der Waals surface area contributed by atoms with Gasteiger partial charge in [0.2, 0.25) is 5.91 Å². The molecule has 0 aliphatic carbocycles. The molecule has 6 heteroatoms. The second-order valence-corrected chi connectivity index (χ2v) is 5.54. The van der Waals surface area contributed by atoms with Crippen LogP contribution in [0.15, 0.2) is 24.3 Å². The fourth-order valence-corrected chi connectivity index (χ4v) is 2.64. The van der Waals surface area contributed by atoms with Gasteiger partial charge in [-0.3, -0.25) is 9.59 Å². The summed E-state index contributed by atoms with van der Waals surface area (Å²) in [5.74, 6) is -0.861. The first-order chi connectivity index (χ1) is 10.4. The van der Waals surface area contributed by atoms with Crippen molar-refractivity contribution in [2.45, 2.75) is 25.9 Å². The Labute approximate surface area is 129 Å². The Bertz CT molecular complexity index is 552. The van der Waals surface area contributed by atoms with Crippen molar-refractivity contribution < 1.29 is 24.2 Å². The van der Waals surface area contributed by atoms with E-state index in [0.717, 1.165) is 0 Å². The van der Waals surface area contributed by atoms with E-state index in [1.54, 1.807) is 45.2 Å². The number of carbonyl (C=O) groups excluding carboxylic acids is 2. The zero-order valence-corrected chi connectivity index (χ0v) is 13.0. The van der Waals surface area contributed by atoms with Gasteiger partial charge < -0.3 is 19.5 Å². The molecular formula is C16H21NO5. The van der Waals surface area contributed by atoms with Crippen LogP contribution in [0.25, 0.3) is 0 Å².